The summed E-state index contributed by atoms with van der Waals surface area (Å²) in [5.41, 5.74) is 1.14. The van der Waals surface area contributed by atoms with Crippen molar-refractivity contribution in [3.63, 3.8) is 0 Å². The van der Waals surface area contributed by atoms with Crippen molar-refractivity contribution in [1.82, 2.24) is 4.57 Å². The van der Waals surface area contributed by atoms with Crippen LogP contribution in [0.1, 0.15) is 54.1 Å². The quantitative estimate of drug-likeness (QED) is 0.756. The second kappa shape index (κ2) is 6.21. The number of aliphatic hydroxyl groups is 2. The minimum absolute atomic E-state index is 0.246. The highest BCUT2D eigenvalue weighted by Gasteiger charge is 2.25. The minimum atomic E-state index is -0.919. The van der Waals surface area contributed by atoms with Gasteiger partial charge in [-0.05, 0) is 18.9 Å². The van der Waals surface area contributed by atoms with E-state index in [1.54, 1.807) is 16.8 Å². The highest BCUT2D eigenvalue weighted by atomic mass is 16.4. The number of aromatic carboxylic acids is 1. The Balaban J connectivity index is 2.29. The first-order valence-corrected chi connectivity index (χ1v) is 6.84. The van der Waals surface area contributed by atoms with E-state index < -0.39 is 12.1 Å². The van der Waals surface area contributed by atoms with Crippen LogP contribution >= 0.6 is 0 Å². The molecule has 3 N–H and O–H groups in total. The van der Waals surface area contributed by atoms with Crippen LogP contribution in [0.2, 0.25) is 0 Å². The summed E-state index contributed by atoms with van der Waals surface area (Å²) < 4.78 is 1.79. The molecule has 1 aliphatic rings. The van der Waals surface area contributed by atoms with Gasteiger partial charge in [-0.15, -0.1) is 0 Å². The van der Waals surface area contributed by atoms with Crippen molar-refractivity contribution >= 4 is 5.97 Å². The lowest BCUT2D eigenvalue weighted by Crippen LogP contribution is -2.23. The van der Waals surface area contributed by atoms with Crippen molar-refractivity contribution in [3.8, 4) is 0 Å². The molecule has 0 aliphatic heterocycles. The van der Waals surface area contributed by atoms with Crippen LogP contribution in [-0.2, 0) is 6.54 Å². The Hall–Kier alpha value is -1.33. The van der Waals surface area contributed by atoms with Gasteiger partial charge in [0.15, 0.2) is 0 Å². The zero-order valence-electron chi connectivity index (χ0n) is 11.0. The zero-order chi connectivity index (χ0) is 13.8. The number of rotatable bonds is 5. The fraction of sp³-hybridized carbons (Fsp3) is 0.643. The summed E-state index contributed by atoms with van der Waals surface area (Å²) >= 11 is 0. The van der Waals surface area contributed by atoms with E-state index in [2.05, 4.69) is 0 Å². The Morgan fingerprint density at radius 3 is 2.63 bits per heavy atom. The van der Waals surface area contributed by atoms with Crippen LogP contribution in [0.3, 0.4) is 0 Å². The van der Waals surface area contributed by atoms with Gasteiger partial charge in [-0.25, -0.2) is 4.79 Å². The number of carboxylic acids is 1. The molecule has 5 heteroatoms. The number of carbonyl (C=O) groups is 1. The Kier molecular flexibility index (Phi) is 4.61. The molecule has 0 radical (unpaired) electrons. The lowest BCUT2D eigenvalue weighted by atomic mass is 9.85. The molecule has 1 aromatic heterocycles. The van der Waals surface area contributed by atoms with Gasteiger partial charge < -0.3 is 19.9 Å². The molecule has 1 aliphatic carbocycles. The predicted octanol–water partition coefficient (Wildman–Crippen LogP) is 1.59. The van der Waals surface area contributed by atoms with E-state index in [4.69, 9.17) is 5.11 Å². The molecule has 2 rings (SSSR count). The molecular formula is C14H21NO4. The molecule has 106 valence electrons. The molecule has 1 heterocycles. The maximum Gasteiger partial charge on any atom is 0.337 e. The van der Waals surface area contributed by atoms with Crippen molar-refractivity contribution in [2.45, 2.75) is 50.7 Å². The molecule has 0 aromatic carbocycles. The van der Waals surface area contributed by atoms with Crippen LogP contribution < -0.4 is 0 Å². The topological polar surface area (TPSA) is 82.7 Å². The molecule has 0 bridgehead atoms. The standard InChI is InChI=1S/C14H21NO4/c16-9-11(17)8-15-7-6-12(14(18)19)13(15)10-4-2-1-3-5-10/h6-7,10-11,16-17H,1-5,8-9H2,(H,18,19). The van der Waals surface area contributed by atoms with Gasteiger partial charge in [0.1, 0.15) is 0 Å². The Morgan fingerprint density at radius 2 is 2.05 bits per heavy atom. The summed E-state index contributed by atoms with van der Waals surface area (Å²) in [6.07, 6.45) is 6.30. The van der Waals surface area contributed by atoms with Crippen LogP contribution in [0, 0.1) is 0 Å². The maximum atomic E-state index is 11.3. The van der Waals surface area contributed by atoms with Gasteiger partial charge in [0.05, 0.1) is 24.8 Å². The lowest BCUT2D eigenvalue weighted by molar-refractivity contribution is 0.0690. The Labute approximate surface area is 112 Å². The summed E-state index contributed by atoms with van der Waals surface area (Å²) in [5, 5.41) is 27.8. The molecule has 1 atom stereocenters. The van der Waals surface area contributed by atoms with Crippen LogP contribution in [0.15, 0.2) is 12.3 Å². The summed E-state index contributed by atoms with van der Waals surface area (Å²) in [6.45, 7) is -0.0691. The van der Waals surface area contributed by atoms with Crippen LogP contribution in [0.25, 0.3) is 0 Å². The van der Waals surface area contributed by atoms with E-state index in [-0.39, 0.29) is 19.1 Å². The summed E-state index contributed by atoms with van der Waals surface area (Å²) in [4.78, 5) is 11.3. The zero-order valence-corrected chi connectivity index (χ0v) is 11.0. The fourth-order valence-corrected chi connectivity index (χ4v) is 2.94. The average molecular weight is 267 g/mol. The first-order valence-electron chi connectivity index (χ1n) is 6.84. The fourth-order valence-electron chi connectivity index (χ4n) is 2.94. The van der Waals surface area contributed by atoms with Gasteiger partial charge in [0.2, 0.25) is 0 Å². The molecule has 19 heavy (non-hydrogen) atoms. The van der Waals surface area contributed by atoms with E-state index in [9.17, 15) is 15.0 Å². The highest BCUT2D eigenvalue weighted by Crippen LogP contribution is 2.35. The monoisotopic (exact) mass is 267 g/mol. The highest BCUT2D eigenvalue weighted by molar-refractivity contribution is 5.89. The molecule has 1 unspecified atom stereocenters. The second-order valence-electron chi connectivity index (χ2n) is 5.24. The van der Waals surface area contributed by atoms with Crippen LogP contribution in [-0.4, -0.2) is 38.6 Å². The average Bonchev–Trinajstić information content (AvgIpc) is 2.83. The van der Waals surface area contributed by atoms with E-state index in [1.807, 2.05) is 0 Å². The molecule has 0 amide bonds. The third kappa shape index (κ3) is 3.16. The Bertz CT molecular complexity index is 435. The second-order valence-corrected chi connectivity index (χ2v) is 5.24. The van der Waals surface area contributed by atoms with Crippen LogP contribution in [0.5, 0.6) is 0 Å². The lowest BCUT2D eigenvalue weighted by Gasteiger charge is -2.25. The number of aromatic nitrogens is 1. The predicted molar refractivity (Wildman–Crippen MR) is 70.3 cm³/mol. The van der Waals surface area contributed by atoms with Crippen molar-refractivity contribution in [3.05, 3.63) is 23.5 Å². The molecule has 5 nitrogen and oxygen atoms in total. The Morgan fingerprint density at radius 1 is 1.37 bits per heavy atom. The number of carboxylic acid groups (broad SMARTS) is 1. The number of nitrogens with zero attached hydrogens (tertiary/aromatic N) is 1. The normalized spacial score (nSPS) is 18.4. The summed E-state index contributed by atoms with van der Waals surface area (Å²) in [5.74, 6) is -0.668. The van der Waals surface area contributed by atoms with E-state index >= 15 is 0 Å². The van der Waals surface area contributed by atoms with Gasteiger partial charge in [-0.3, -0.25) is 0 Å². The smallest absolute Gasteiger partial charge is 0.337 e. The van der Waals surface area contributed by atoms with Crippen molar-refractivity contribution in [2.24, 2.45) is 0 Å². The molecule has 0 saturated heterocycles. The maximum absolute atomic E-state index is 11.3. The van der Waals surface area contributed by atoms with Crippen molar-refractivity contribution in [1.29, 1.82) is 0 Å². The molecule has 1 saturated carbocycles. The van der Waals surface area contributed by atoms with E-state index in [0.717, 1.165) is 31.4 Å². The number of hydrogen-bond acceptors (Lipinski definition) is 3. The van der Waals surface area contributed by atoms with Gasteiger partial charge in [0.25, 0.3) is 0 Å². The molecule has 1 aromatic rings. The van der Waals surface area contributed by atoms with Crippen molar-refractivity contribution in [2.75, 3.05) is 6.61 Å². The van der Waals surface area contributed by atoms with E-state index in [0.29, 0.717) is 5.56 Å². The molecule has 1 fully saturated rings. The van der Waals surface area contributed by atoms with Gasteiger partial charge in [0, 0.05) is 17.8 Å². The van der Waals surface area contributed by atoms with Gasteiger partial charge in [-0.2, -0.15) is 0 Å². The summed E-state index contributed by atoms with van der Waals surface area (Å²) in [6, 6.07) is 1.59. The minimum Gasteiger partial charge on any atom is -0.478 e. The van der Waals surface area contributed by atoms with Crippen molar-refractivity contribution < 1.29 is 20.1 Å². The third-order valence-corrected chi connectivity index (χ3v) is 3.85. The summed E-state index contributed by atoms with van der Waals surface area (Å²) in [7, 11) is 0. The first-order chi connectivity index (χ1) is 9.13. The van der Waals surface area contributed by atoms with E-state index in [1.165, 1.54) is 6.42 Å². The van der Waals surface area contributed by atoms with Gasteiger partial charge in [-0.1, -0.05) is 19.3 Å². The number of aliphatic hydroxyl groups excluding tert-OH is 2. The van der Waals surface area contributed by atoms with Crippen LogP contribution in [0.4, 0.5) is 0 Å². The largest absolute Gasteiger partial charge is 0.478 e. The molecule has 0 spiro atoms. The molecular weight excluding hydrogens is 246 g/mol. The number of hydrogen-bond donors (Lipinski definition) is 3. The SMILES string of the molecule is O=C(O)c1ccn(CC(O)CO)c1C1CCCCC1. The third-order valence-electron chi connectivity index (χ3n) is 3.85. The first kappa shape index (κ1) is 14.1. The van der Waals surface area contributed by atoms with Gasteiger partial charge >= 0.3 is 5.97 Å².